The zero-order chi connectivity index (χ0) is 17.2. The Bertz CT molecular complexity index is 516. The Balaban J connectivity index is 0.00000312. The average Bonchev–Trinajstić information content (AvgIpc) is 2.60. The highest BCUT2D eigenvalue weighted by molar-refractivity contribution is 14.0. The summed E-state index contributed by atoms with van der Waals surface area (Å²) >= 11 is 0. The number of nitrogens with one attached hydrogen (secondary N) is 2. The lowest BCUT2D eigenvalue weighted by Crippen LogP contribution is -2.39. The molecule has 6 heteroatoms. The zero-order valence-electron chi connectivity index (χ0n) is 15.4. The van der Waals surface area contributed by atoms with Gasteiger partial charge in [-0.25, -0.2) is 9.38 Å². The molecule has 1 saturated heterocycles. The molecule has 0 saturated carbocycles. The fourth-order valence-corrected chi connectivity index (χ4v) is 3.13. The monoisotopic (exact) mass is 462 g/mol. The number of nitrogens with zero attached hydrogens (tertiary/aromatic N) is 2. The molecule has 0 amide bonds. The average molecular weight is 462 g/mol. The second-order valence-corrected chi connectivity index (χ2v) is 6.42. The van der Waals surface area contributed by atoms with E-state index in [-0.39, 0.29) is 29.8 Å². The molecule has 1 aliphatic heterocycles. The highest BCUT2D eigenvalue weighted by atomic mass is 127. The quantitative estimate of drug-likeness (QED) is 0.370. The van der Waals surface area contributed by atoms with Crippen LogP contribution in [0.2, 0.25) is 0 Å². The van der Waals surface area contributed by atoms with E-state index in [9.17, 15) is 4.39 Å². The first-order valence-corrected chi connectivity index (χ1v) is 9.20. The van der Waals surface area contributed by atoms with E-state index in [4.69, 9.17) is 0 Å². The molecule has 0 aliphatic carbocycles. The normalized spacial score (nSPS) is 16.4. The van der Waals surface area contributed by atoms with Gasteiger partial charge in [-0.15, -0.1) is 24.0 Å². The number of aliphatic imine (C=N–C) groups is 1. The summed E-state index contributed by atoms with van der Waals surface area (Å²) in [5.41, 5.74) is 0.888. The molecule has 0 bridgehead atoms. The number of likely N-dealkylation sites (tertiary alicyclic amines) is 1. The summed E-state index contributed by atoms with van der Waals surface area (Å²) in [7, 11) is 0. The van der Waals surface area contributed by atoms with Gasteiger partial charge in [-0.3, -0.25) is 0 Å². The summed E-state index contributed by atoms with van der Waals surface area (Å²) in [5, 5.41) is 6.67. The highest BCUT2D eigenvalue weighted by Gasteiger charge is 2.17. The van der Waals surface area contributed by atoms with Gasteiger partial charge in [-0.1, -0.05) is 19.1 Å². The standard InChI is InChI=1S/C19H31FN4.HI/c1-3-21-19(23-15-17-6-5-7-18(20)14-17)22-11-8-16-9-12-24(4-2)13-10-16;/h5-7,14,16H,3-4,8-13,15H2,1-2H3,(H2,21,22,23);1H. The predicted octanol–water partition coefficient (Wildman–Crippen LogP) is 3.62. The third kappa shape index (κ3) is 8.35. The van der Waals surface area contributed by atoms with Crippen molar-refractivity contribution in [2.45, 2.75) is 39.7 Å². The van der Waals surface area contributed by atoms with Crippen LogP contribution in [-0.2, 0) is 6.54 Å². The maximum atomic E-state index is 13.2. The Morgan fingerprint density at radius 2 is 2.00 bits per heavy atom. The van der Waals surface area contributed by atoms with E-state index in [0.717, 1.165) is 30.5 Å². The summed E-state index contributed by atoms with van der Waals surface area (Å²) in [4.78, 5) is 7.07. The van der Waals surface area contributed by atoms with Crippen LogP contribution in [0.25, 0.3) is 0 Å². The molecule has 1 fully saturated rings. The molecule has 142 valence electrons. The van der Waals surface area contributed by atoms with Gasteiger partial charge in [0.2, 0.25) is 0 Å². The minimum Gasteiger partial charge on any atom is -0.357 e. The summed E-state index contributed by atoms with van der Waals surface area (Å²) in [6.07, 6.45) is 3.78. The van der Waals surface area contributed by atoms with E-state index in [2.05, 4.69) is 34.4 Å². The van der Waals surface area contributed by atoms with E-state index in [1.807, 2.05) is 6.07 Å². The number of benzene rings is 1. The maximum absolute atomic E-state index is 13.2. The molecule has 0 spiro atoms. The van der Waals surface area contributed by atoms with Crippen LogP contribution in [0.1, 0.15) is 38.7 Å². The molecule has 2 N–H and O–H groups in total. The molecule has 4 nitrogen and oxygen atoms in total. The SMILES string of the molecule is CCNC(=NCc1cccc(F)c1)NCCC1CCN(CC)CC1.I. The van der Waals surface area contributed by atoms with Gasteiger partial charge in [0.25, 0.3) is 0 Å². The summed E-state index contributed by atoms with van der Waals surface area (Å²) < 4.78 is 13.2. The van der Waals surface area contributed by atoms with Crippen molar-refractivity contribution in [2.75, 3.05) is 32.7 Å². The third-order valence-electron chi connectivity index (χ3n) is 4.65. The molecule has 0 aromatic heterocycles. The Morgan fingerprint density at radius 1 is 1.24 bits per heavy atom. The van der Waals surface area contributed by atoms with Crippen LogP contribution in [0.5, 0.6) is 0 Å². The van der Waals surface area contributed by atoms with Gasteiger partial charge in [-0.05, 0) is 69.4 Å². The van der Waals surface area contributed by atoms with E-state index < -0.39 is 0 Å². The van der Waals surface area contributed by atoms with E-state index in [1.165, 1.54) is 51.0 Å². The molecule has 1 heterocycles. The van der Waals surface area contributed by atoms with Crippen LogP contribution >= 0.6 is 24.0 Å². The number of guanidine groups is 1. The Hall–Kier alpha value is -0.890. The second-order valence-electron chi connectivity index (χ2n) is 6.42. The second kappa shape index (κ2) is 12.5. The van der Waals surface area contributed by atoms with Gasteiger partial charge in [0, 0.05) is 13.1 Å². The van der Waals surface area contributed by atoms with Gasteiger partial charge in [0.1, 0.15) is 5.82 Å². The largest absolute Gasteiger partial charge is 0.357 e. The number of rotatable bonds is 7. The summed E-state index contributed by atoms with van der Waals surface area (Å²) in [6.45, 7) is 10.2. The van der Waals surface area contributed by atoms with Gasteiger partial charge in [0.15, 0.2) is 5.96 Å². The van der Waals surface area contributed by atoms with Crippen LogP contribution in [0.3, 0.4) is 0 Å². The number of hydrogen-bond donors (Lipinski definition) is 2. The number of piperidine rings is 1. The topological polar surface area (TPSA) is 39.7 Å². The molecular weight excluding hydrogens is 430 g/mol. The first-order valence-electron chi connectivity index (χ1n) is 9.20. The molecule has 0 atom stereocenters. The smallest absolute Gasteiger partial charge is 0.191 e. The molecule has 2 rings (SSSR count). The van der Waals surface area contributed by atoms with Crippen molar-refractivity contribution in [3.63, 3.8) is 0 Å². The minimum absolute atomic E-state index is 0. The van der Waals surface area contributed by atoms with Crippen molar-refractivity contribution < 1.29 is 4.39 Å². The van der Waals surface area contributed by atoms with Crippen LogP contribution in [0, 0.1) is 11.7 Å². The zero-order valence-corrected chi connectivity index (χ0v) is 17.8. The Morgan fingerprint density at radius 3 is 2.64 bits per heavy atom. The fourth-order valence-electron chi connectivity index (χ4n) is 3.13. The van der Waals surface area contributed by atoms with Gasteiger partial charge < -0.3 is 15.5 Å². The Kier molecular flexibility index (Phi) is 11.0. The maximum Gasteiger partial charge on any atom is 0.191 e. The van der Waals surface area contributed by atoms with Crippen molar-refractivity contribution in [2.24, 2.45) is 10.9 Å². The van der Waals surface area contributed by atoms with Gasteiger partial charge in [0.05, 0.1) is 6.54 Å². The van der Waals surface area contributed by atoms with Gasteiger partial charge >= 0.3 is 0 Å². The molecular formula is C19H32FIN4. The summed E-state index contributed by atoms with van der Waals surface area (Å²) in [5.74, 6) is 1.42. The first-order chi connectivity index (χ1) is 11.7. The highest BCUT2D eigenvalue weighted by Crippen LogP contribution is 2.19. The lowest BCUT2D eigenvalue weighted by molar-refractivity contribution is 0.187. The van der Waals surface area contributed by atoms with E-state index in [1.54, 1.807) is 6.07 Å². The fraction of sp³-hybridized carbons (Fsp3) is 0.632. The molecule has 1 aromatic rings. The van der Waals surface area contributed by atoms with E-state index in [0.29, 0.717) is 6.54 Å². The van der Waals surface area contributed by atoms with Crippen LogP contribution in [0.4, 0.5) is 4.39 Å². The number of hydrogen-bond acceptors (Lipinski definition) is 2. The first kappa shape index (κ1) is 22.2. The van der Waals surface area contributed by atoms with Gasteiger partial charge in [-0.2, -0.15) is 0 Å². The van der Waals surface area contributed by atoms with Crippen LogP contribution < -0.4 is 10.6 Å². The van der Waals surface area contributed by atoms with Crippen molar-refractivity contribution >= 4 is 29.9 Å². The third-order valence-corrected chi connectivity index (χ3v) is 4.65. The molecule has 1 aliphatic rings. The lowest BCUT2D eigenvalue weighted by Gasteiger charge is -2.31. The van der Waals surface area contributed by atoms with Crippen molar-refractivity contribution in [3.8, 4) is 0 Å². The Labute approximate surface area is 168 Å². The summed E-state index contributed by atoms with van der Waals surface area (Å²) in [6, 6.07) is 6.62. The van der Waals surface area contributed by atoms with Crippen molar-refractivity contribution in [1.82, 2.24) is 15.5 Å². The van der Waals surface area contributed by atoms with Crippen LogP contribution in [0.15, 0.2) is 29.3 Å². The molecule has 0 radical (unpaired) electrons. The molecule has 1 aromatic carbocycles. The van der Waals surface area contributed by atoms with Crippen molar-refractivity contribution in [3.05, 3.63) is 35.6 Å². The van der Waals surface area contributed by atoms with Crippen molar-refractivity contribution in [1.29, 1.82) is 0 Å². The lowest BCUT2D eigenvalue weighted by atomic mass is 9.93. The van der Waals surface area contributed by atoms with Crippen LogP contribution in [-0.4, -0.2) is 43.6 Å². The molecule has 25 heavy (non-hydrogen) atoms. The van der Waals surface area contributed by atoms with E-state index >= 15 is 0 Å². The molecule has 0 unspecified atom stereocenters. The minimum atomic E-state index is -0.209. The predicted molar refractivity (Wildman–Crippen MR) is 114 cm³/mol. The number of halogens is 2.